The molecule has 86 valence electrons. The van der Waals surface area contributed by atoms with Crippen LogP contribution in [0.25, 0.3) is 0 Å². The van der Waals surface area contributed by atoms with Crippen LogP contribution in [0.15, 0.2) is 18.2 Å². The van der Waals surface area contributed by atoms with Crippen molar-refractivity contribution in [3.05, 3.63) is 29.6 Å². The molecule has 0 radical (unpaired) electrons. The molecule has 16 heavy (non-hydrogen) atoms. The Morgan fingerprint density at radius 3 is 2.50 bits per heavy atom. The van der Waals surface area contributed by atoms with Crippen molar-refractivity contribution in [2.24, 2.45) is 5.41 Å². The molecule has 0 aromatic heterocycles. The van der Waals surface area contributed by atoms with Gasteiger partial charge in [-0.3, -0.25) is 0 Å². The smallest absolute Gasteiger partial charge is 0.124 e. The average molecular weight is 220 g/mol. The van der Waals surface area contributed by atoms with E-state index in [0.717, 1.165) is 0 Å². The van der Waals surface area contributed by atoms with E-state index in [1.165, 1.54) is 12.1 Å². The summed E-state index contributed by atoms with van der Waals surface area (Å²) in [6.07, 6.45) is 0. The molecular formula is C13H17FN2. The molecule has 0 aliphatic rings. The maximum atomic E-state index is 12.9. The zero-order valence-electron chi connectivity index (χ0n) is 10.1. The lowest BCUT2D eigenvalue weighted by Crippen LogP contribution is -2.31. The highest BCUT2D eigenvalue weighted by molar-refractivity contribution is 5.58. The maximum Gasteiger partial charge on any atom is 0.124 e. The van der Waals surface area contributed by atoms with Crippen LogP contribution in [-0.4, -0.2) is 6.04 Å². The summed E-state index contributed by atoms with van der Waals surface area (Å²) in [7, 11) is 0. The lowest BCUT2D eigenvalue weighted by Gasteiger charge is -2.29. The van der Waals surface area contributed by atoms with E-state index in [-0.39, 0.29) is 17.3 Å². The van der Waals surface area contributed by atoms with Crippen molar-refractivity contribution in [3.8, 4) is 6.07 Å². The van der Waals surface area contributed by atoms with E-state index in [2.05, 4.69) is 26.1 Å². The summed E-state index contributed by atoms with van der Waals surface area (Å²) in [6.45, 7) is 8.38. The number of hydrogen-bond donors (Lipinski definition) is 1. The predicted octanol–water partition coefficient (Wildman–Crippen LogP) is 3.54. The van der Waals surface area contributed by atoms with Gasteiger partial charge in [-0.1, -0.05) is 20.8 Å². The summed E-state index contributed by atoms with van der Waals surface area (Å²) < 4.78 is 12.9. The first-order valence-corrected chi connectivity index (χ1v) is 5.31. The summed E-state index contributed by atoms with van der Waals surface area (Å²) >= 11 is 0. The molecule has 0 spiro atoms. The van der Waals surface area contributed by atoms with Gasteiger partial charge in [-0.2, -0.15) is 5.26 Å². The second-order valence-electron chi connectivity index (χ2n) is 5.03. The van der Waals surface area contributed by atoms with Crippen LogP contribution in [0.3, 0.4) is 0 Å². The molecule has 0 amide bonds. The Morgan fingerprint density at radius 2 is 2.00 bits per heavy atom. The SMILES string of the molecule is CC(Nc1ccc(F)cc1C#N)C(C)(C)C. The van der Waals surface area contributed by atoms with Crippen LogP contribution in [0, 0.1) is 22.6 Å². The summed E-state index contributed by atoms with van der Waals surface area (Å²) in [6, 6.07) is 6.40. The van der Waals surface area contributed by atoms with Crippen LogP contribution in [0.1, 0.15) is 33.3 Å². The zero-order chi connectivity index (χ0) is 12.3. The monoisotopic (exact) mass is 220 g/mol. The van der Waals surface area contributed by atoms with E-state index < -0.39 is 0 Å². The van der Waals surface area contributed by atoms with Gasteiger partial charge in [0.1, 0.15) is 11.9 Å². The summed E-state index contributed by atoms with van der Waals surface area (Å²) in [4.78, 5) is 0. The Labute approximate surface area is 96.1 Å². The van der Waals surface area contributed by atoms with Gasteiger partial charge >= 0.3 is 0 Å². The minimum Gasteiger partial charge on any atom is -0.381 e. The second-order valence-corrected chi connectivity index (χ2v) is 5.03. The Balaban J connectivity index is 2.95. The van der Waals surface area contributed by atoms with Crippen LogP contribution >= 0.6 is 0 Å². The minimum absolute atomic E-state index is 0.0844. The Morgan fingerprint density at radius 1 is 1.38 bits per heavy atom. The van der Waals surface area contributed by atoms with Gasteiger partial charge in [-0.15, -0.1) is 0 Å². The first-order valence-electron chi connectivity index (χ1n) is 5.31. The maximum absolute atomic E-state index is 12.9. The van der Waals surface area contributed by atoms with Crippen molar-refractivity contribution >= 4 is 5.69 Å². The average Bonchev–Trinajstić information content (AvgIpc) is 2.19. The van der Waals surface area contributed by atoms with Crippen LogP contribution in [-0.2, 0) is 0 Å². The molecule has 0 fully saturated rings. The van der Waals surface area contributed by atoms with Gasteiger partial charge < -0.3 is 5.32 Å². The van der Waals surface area contributed by atoms with E-state index >= 15 is 0 Å². The van der Waals surface area contributed by atoms with E-state index in [1.54, 1.807) is 6.07 Å². The number of hydrogen-bond acceptors (Lipinski definition) is 2. The molecule has 0 saturated heterocycles. The quantitative estimate of drug-likeness (QED) is 0.827. The lowest BCUT2D eigenvalue weighted by molar-refractivity contribution is 0.359. The molecule has 0 aliphatic carbocycles. The first-order chi connectivity index (χ1) is 7.34. The summed E-state index contributed by atoms with van der Waals surface area (Å²) in [5.74, 6) is -0.384. The molecule has 0 heterocycles. The van der Waals surface area contributed by atoms with Gasteiger partial charge in [-0.05, 0) is 30.5 Å². The number of benzene rings is 1. The fraction of sp³-hybridized carbons (Fsp3) is 0.462. The molecule has 1 N–H and O–H groups in total. The zero-order valence-corrected chi connectivity index (χ0v) is 10.1. The molecule has 1 aromatic carbocycles. The highest BCUT2D eigenvalue weighted by Crippen LogP contribution is 2.24. The van der Waals surface area contributed by atoms with Crippen molar-refractivity contribution in [3.63, 3.8) is 0 Å². The van der Waals surface area contributed by atoms with Crippen molar-refractivity contribution in [1.82, 2.24) is 0 Å². The molecule has 1 atom stereocenters. The fourth-order valence-corrected chi connectivity index (χ4v) is 1.18. The molecule has 1 unspecified atom stereocenters. The van der Waals surface area contributed by atoms with Crippen molar-refractivity contribution in [1.29, 1.82) is 5.26 Å². The van der Waals surface area contributed by atoms with Crippen molar-refractivity contribution in [2.45, 2.75) is 33.7 Å². The van der Waals surface area contributed by atoms with Crippen molar-refractivity contribution < 1.29 is 4.39 Å². The van der Waals surface area contributed by atoms with E-state index in [1.807, 2.05) is 13.0 Å². The highest BCUT2D eigenvalue weighted by atomic mass is 19.1. The largest absolute Gasteiger partial charge is 0.381 e. The third kappa shape index (κ3) is 2.96. The number of anilines is 1. The number of nitriles is 1. The van der Waals surface area contributed by atoms with Crippen LogP contribution in [0.5, 0.6) is 0 Å². The molecule has 2 nitrogen and oxygen atoms in total. The Kier molecular flexibility index (Phi) is 3.54. The van der Waals surface area contributed by atoms with Gasteiger partial charge in [0.15, 0.2) is 0 Å². The molecule has 1 rings (SSSR count). The van der Waals surface area contributed by atoms with Gasteiger partial charge in [0.2, 0.25) is 0 Å². The lowest BCUT2D eigenvalue weighted by atomic mass is 9.88. The Bertz CT molecular complexity index is 413. The molecular weight excluding hydrogens is 203 g/mol. The van der Waals surface area contributed by atoms with E-state index in [4.69, 9.17) is 5.26 Å². The third-order valence-corrected chi connectivity index (χ3v) is 2.77. The van der Waals surface area contributed by atoms with E-state index in [9.17, 15) is 4.39 Å². The first kappa shape index (κ1) is 12.5. The molecule has 0 bridgehead atoms. The minimum atomic E-state index is -0.384. The fourth-order valence-electron chi connectivity index (χ4n) is 1.18. The number of nitrogens with zero attached hydrogens (tertiary/aromatic N) is 1. The van der Waals surface area contributed by atoms with Gasteiger partial charge in [0.05, 0.1) is 11.3 Å². The normalized spacial score (nSPS) is 13.0. The molecule has 0 saturated carbocycles. The highest BCUT2D eigenvalue weighted by Gasteiger charge is 2.20. The van der Waals surface area contributed by atoms with Gasteiger partial charge in [0, 0.05) is 6.04 Å². The summed E-state index contributed by atoms with van der Waals surface area (Å²) in [5.41, 5.74) is 1.11. The third-order valence-electron chi connectivity index (χ3n) is 2.77. The van der Waals surface area contributed by atoms with Gasteiger partial charge in [0.25, 0.3) is 0 Å². The van der Waals surface area contributed by atoms with Crippen molar-refractivity contribution in [2.75, 3.05) is 5.32 Å². The Hall–Kier alpha value is -1.56. The molecule has 0 aliphatic heterocycles. The standard InChI is InChI=1S/C13H17FN2/c1-9(13(2,3)4)16-12-6-5-11(14)7-10(12)8-15/h5-7,9,16H,1-4H3. The molecule has 3 heteroatoms. The van der Waals surface area contributed by atoms with Crippen LogP contribution in [0.2, 0.25) is 0 Å². The second kappa shape index (κ2) is 4.52. The number of rotatable bonds is 2. The number of halogens is 1. The summed E-state index contributed by atoms with van der Waals surface area (Å²) in [5, 5.41) is 12.1. The van der Waals surface area contributed by atoms with Crippen LogP contribution < -0.4 is 5.32 Å². The predicted molar refractivity (Wildman–Crippen MR) is 63.7 cm³/mol. The number of nitrogens with one attached hydrogen (secondary N) is 1. The van der Waals surface area contributed by atoms with Crippen LogP contribution in [0.4, 0.5) is 10.1 Å². The topological polar surface area (TPSA) is 35.8 Å². The van der Waals surface area contributed by atoms with Gasteiger partial charge in [-0.25, -0.2) is 4.39 Å². The molecule has 1 aromatic rings. The van der Waals surface area contributed by atoms with E-state index in [0.29, 0.717) is 11.3 Å².